The number of nitrogens with zero attached hydrogens (tertiary/aromatic N) is 3. The Kier molecular flexibility index (Phi) is 5.09. The molecule has 0 aliphatic carbocycles. The molecule has 1 N–H and O–H groups in total. The molecule has 31 heavy (non-hydrogen) atoms. The Labute approximate surface area is 187 Å². The minimum atomic E-state index is -0.296. The molecule has 2 aromatic carbocycles. The molecule has 0 bridgehead atoms. The van der Waals surface area contributed by atoms with Crippen molar-refractivity contribution in [2.75, 3.05) is 13.1 Å². The lowest BCUT2D eigenvalue weighted by molar-refractivity contribution is -0.132. The van der Waals surface area contributed by atoms with Crippen LogP contribution >= 0.6 is 15.9 Å². The average Bonchev–Trinajstić information content (AvgIpc) is 3.46. The van der Waals surface area contributed by atoms with Crippen LogP contribution in [0.3, 0.4) is 0 Å². The first kappa shape index (κ1) is 19.9. The highest BCUT2D eigenvalue weighted by atomic mass is 79.9. The summed E-state index contributed by atoms with van der Waals surface area (Å²) >= 11 is 3.34. The molecule has 8 heteroatoms. The monoisotopic (exact) mass is 480 g/mol. The number of nitrogens with one attached hydrogen (secondary N) is 1. The lowest BCUT2D eigenvalue weighted by atomic mass is 10.1. The summed E-state index contributed by atoms with van der Waals surface area (Å²) < 4.78 is 0.759. The Morgan fingerprint density at radius 1 is 1.13 bits per heavy atom. The third-order valence-corrected chi connectivity index (χ3v) is 6.49. The molecule has 1 aromatic heterocycles. The Hall–Kier alpha value is -3.00. The van der Waals surface area contributed by atoms with E-state index in [-0.39, 0.29) is 36.7 Å². The maximum atomic E-state index is 12.9. The van der Waals surface area contributed by atoms with Crippen LogP contribution in [0.1, 0.15) is 58.3 Å². The molecule has 0 spiro atoms. The van der Waals surface area contributed by atoms with E-state index in [1.54, 1.807) is 18.2 Å². The van der Waals surface area contributed by atoms with Crippen molar-refractivity contribution >= 4 is 44.7 Å². The fourth-order valence-corrected chi connectivity index (χ4v) is 4.84. The highest BCUT2D eigenvalue weighted by molar-refractivity contribution is 9.10. The van der Waals surface area contributed by atoms with Gasteiger partial charge in [-0.25, -0.2) is 4.98 Å². The molecule has 1 unspecified atom stereocenters. The molecule has 3 heterocycles. The Bertz CT molecular complexity index is 1170. The molecular weight excluding hydrogens is 460 g/mol. The topological polar surface area (TPSA) is 86.4 Å². The number of rotatable bonds is 5. The van der Waals surface area contributed by atoms with E-state index in [1.165, 1.54) is 4.90 Å². The van der Waals surface area contributed by atoms with Gasteiger partial charge in [-0.2, -0.15) is 0 Å². The molecule has 2 aliphatic rings. The summed E-state index contributed by atoms with van der Waals surface area (Å²) in [4.78, 5) is 49.2. The van der Waals surface area contributed by atoms with Crippen molar-refractivity contribution in [3.05, 3.63) is 63.9 Å². The lowest BCUT2D eigenvalue weighted by Crippen LogP contribution is -2.34. The predicted molar refractivity (Wildman–Crippen MR) is 119 cm³/mol. The summed E-state index contributed by atoms with van der Waals surface area (Å²) in [5, 5.41) is 0. The number of fused-ring (bicyclic) bond motifs is 2. The standard InChI is InChI=1S/C23H21BrN4O3/c24-14-9-10-15-16(13-14)23(31)28(22(15)30)12-4-8-20(29)27-11-3-7-19(27)21-25-17-5-1-2-6-18(17)26-21/h1-2,5-6,9-10,13,19H,3-4,7-8,11-12H2,(H,25,26). The fourth-order valence-electron chi connectivity index (χ4n) is 4.48. The molecule has 7 nitrogen and oxygen atoms in total. The number of benzene rings is 2. The van der Waals surface area contributed by atoms with Crippen molar-refractivity contribution in [1.29, 1.82) is 0 Å². The minimum Gasteiger partial charge on any atom is -0.340 e. The maximum Gasteiger partial charge on any atom is 0.261 e. The van der Waals surface area contributed by atoms with E-state index in [0.29, 0.717) is 24.1 Å². The molecular formula is C23H21BrN4O3. The first-order valence-electron chi connectivity index (χ1n) is 10.4. The van der Waals surface area contributed by atoms with Gasteiger partial charge in [-0.15, -0.1) is 0 Å². The van der Waals surface area contributed by atoms with Gasteiger partial charge in [-0.3, -0.25) is 19.3 Å². The van der Waals surface area contributed by atoms with Gasteiger partial charge in [0.1, 0.15) is 5.82 Å². The van der Waals surface area contributed by atoms with E-state index in [9.17, 15) is 14.4 Å². The third kappa shape index (κ3) is 3.54. The van der Waals surface area contributed by atoms with Gasteiger partial charge in [-0.05, 0) is 49.6 Å². The van der Waals surface area contributed by atoms with E-state index in [4.69, 9.17) is 0 Å². The van der Waals surface area contributed by atoms with Crippen molar-refractivity contribution in [1.82, 2.24) is 19.8 Å². The number of aromatic amines is 1. The molecule has 2 aliphatic heterocycles. The van der Waals surface area contributed by atoms with Crippen LogP contribution in [0.15, 0.2) is 46.9 Å². The second kappa shape index (κ2) is 7.92. The molecule has 5 rings (SSSR count). The van der Waals surface area contributed by atoms with Gasteiger partial charge < -0.3 is 9.88 Å². The van der Waals surface area contributed by atoms with Crippen molar-refractivity contribution in [2.24, 2.45) is 0 Å². The summed E-state index contributed by atoms with van der Waals surface area (Å²) in [7, 11) is 0. The number of hydrogen-bond donors (Lipinski definition) is 1. The molecule has 1 saturated heterocycles. The summed E-state index contributed by atoms with van der Waals surface area (Å²) in [5.74, 6) is 0.261. The number of imide groups is 1. The Morgan fingerprint density at radius 2 is 1.94 bits per heavy atom. The van der Waals surface area contributed by atoms with Gasteiger partial charge >= 0.3 is 0 Å². The lowest BCUT2D eigenvalue weighted by Gasteiger charge is -2.23. The van der Waals surface area contributed by atoms with Gasteiger partial charge in [-0.1, -0.05) is 28.1 Å². The number of carbonyl (C=O) groups is 3. The molecule has 1 fully saturated rings. The van der Waals surface area contributed by atoms with E-state index < -0.39 is 0 Å². The smallest absolute Gasteiger partial charge is 0.261 e. The number of halogens is 1. The summed E-state index contributed by atoms with van der Waals surface area (Å²) in [6.07, 6.45) is 2.53. The number of likely N-dealkylation sites (tertiary alicyclic amines) is 1. The zero-order valence-electron chi connectivity index (χ0n) is 16.8. The zero-order chi connectivity index (χ0) is 21.5. The van der Waals surface area contributed by atoms with Crippen LogP contribution < -0.4 is 0 Å². The first-order chi connectivity index (χ1) is 15.0. The van der Waals surface area contributed by atoms with Gasteiger partial charge in [0.2, 0.25) is 5.91 Å². The number of H-pyrrole nitrogens is 1. The quantitative estimate of drug-likeness (QED) is 0.557. The van der Waals surface area contributed by atoms with Crippen molar-refractivity contribution < 1.29 is 14.4 Å². The first-order valence-corrected chi connectivity index (χ1v) is 11.2. The zero-order valence-corrected chi connectivity index (χ0v) is 18.4. The van der Waals surface area contributed by atoms with Crippen LogP contribution in [0.25, 0.3) is 11.0 Å². The van der Waals surface area contributed by atoms with Crippen LogP contribution in [0, 0.1) is 0 Å². The van der Waals surface area contributed by atoms with Crippen LogP contribution in [-0.4, -0.2) is 50.6 Å². The largest absolute Gasteiger partial charge is 0.340 e. The SMILES string of the molecule is O=C1c2ccc(Br)cc2C(=O)N1CCCC(=O)N1CCCC1c1nc2ccccc2[nH]1. The molecule has 1 atom stereocenters. The third-order valence-electron chi connectivity index (χ3n) is 6.00. The van der Waals surface area contributed by atoms with Crippen molar-refractivity contribution in [3.63, 3.8) is 0 Å². The minimum absolute atomic E-state index is 0.0299. The van der Waals surface area contributed by atoms with Gasteiger partial charge in [0, 0.05) is 24.0 Å². The number of hydrogen-bond acceptors (Lipinski definition) is 4. The van der Waals surface area contributed by atoms with Gasteiger partial charge in [0.15, 0.2) is 0 Å². The fraction of sp³-hybridized carbons (Fsp3) is 0.304. The van der Waals surface area contributed by atoms with Crippen LogP contribution in [0.4, 0.5) is 0 Å². The van der Waals surface area contributed by atoms with Gasteiger partial charge in [0.05, 0.1) is 28.2 Å². The maximum absolute atomic E-state index is 12.9. The number of imidazole rings is 1. The summed E-state index contributed by atoms with van der Waals surface area (Å²) in [5.41, 5.74) is 2.70. The molecule has 0 radical (unpaired) electrons. The van der Waals surface area contributed by atoms with Crippen LogP contribution in [-0.2, 0) is 4.79 Å². The number of carbonyl (C=O) groups excluding carboxylic acids is 3. The highest BCUT2D eigenvalue weighted by Gasteiger charge is 2.36. The van der Waals surface area contributed by atoms with E-state index in [0.717, 1.165) is 34.2 Å². The number of aromatic nitrogens is 2. The van der Waals surface area contributed by atoms with E-state index >= 15 is 0 Å². The summed E-state index contributed by atoms with van der Waals surface area (Å²) in [6.45, 7) is 0.931. The average molecular weight is 481 g/mol. The van der Waals surface area contributed by atoms with Crippen LogP contribution in [0.5, 0.6) is 0 Å². The van der Waals surface area contributed by atoms with Crippen molar-refractivity contribution in [3.8, 4) is 0 Å². The molecule has 3 aromatic rings. The molecule has 158 valence electrons. The molecule has 3 amide bonds. The highest BCUT2D eigenvalue weighted by Crippen LogP contribution is 2.32. The predicted octanol–water partition coefficient (Wildman–Crippen LogP) is 4.07. The molecule has 0 saturated carbocycles. The second-order valence-corrected chi connectivity index (χ2v) is 8.86. The van der Waals surface area contributed by atoms with Crippen LogP contribution in [0.2, 0.25) is 0 Å². The van der Waals surface area contributed by atoms with E-state index in [2.05, 4.69) is 25.9 Å². The van der Waals surface area contributed by atoms with Crippen molar-refractivity contribution in [2.45, 2.75) is 31.7 Å². The second-order valence-electron chi connectivity index (χ2n) is 7.94. The number of para-hydroxylation sites is 2. The normalized spacial score (nSPS) is 18.3. The Balaban J connectivity index is 1.22. The van der Waals surface area contributed by atoms with E-state index in [1.807, 2.05) is 29.2 Å². The Morgan fingerprint density at radius 3 is 2.77 bits per heavy atom. The van der Waals surface area contributed by atoms with Gasteiger partial charge in [0.25, 0.3) is 11.8 Å². The summed E-state index contributed by atoms with van der Waals surface area (Å²) in [6, 6.07) is 12.9. The number of amides is 3.